The van der Waals surface area contributed by atoms with Gasteiger partial charge in [0, 0.05) is 33.3 Å². The highest BCUT2D eigenvalue weighted by molar-refractivity contribution is 5.94. The maximum atomic E-state index is 13.9. The number of ether oxygens (including phenoxy) is 1. The molecule has 0 spiro atoms. The normalized spacial score (nSPS) is 14.6. The number of carbonyl (C=O) groups excluding carboxylic acids is 2. The average Bonchev–Trinajstić information content (AvgIpc) is 2.95. The maximum absolute atomic E-state index is 13.9. The zero-order chi connectivity index (χ0) is 19.9. The molecule has 1 saturated heterocycles. The second-order valence-corrected chi connectivity index (χ2v) is 6.94. The fraction of sp³-hybridized carbons (Fsp3) is 0.364. The molecule has 2 aromatic rings. The van der Waals surface area contributed by atoms with Gasteiger partial charge in [0.25, 0.3) is 5.91 Å². The molecule has 148 valence electrons. The molecule has 0 unspecified atom stereocenters. The lowest BCUT2D eigenvalue weighted by Crippen LogP contribution is -2.38. The molecule has 1 aliphatic rings. The van der Waals surface area contributed by atoms with E-state index in [2.05, 4.69) is 0 Å². The molecule has 0 aromatic heterocycles. The molecule has 0 N–H and O–H groups in total. The van der Waals surface area contributed by atoms with E-state index in [4.69, 9.17) is 4.74 Å². The van der Waals surface area contributed by atoms with Crippen molar-refractivity contribution in [1.29, 1.82) is 0 Å². The van der Waals surface area contributed by atoms with Gasteiger partial charge in [0.15, 0.2) is 0 Å². The average molecular weight is 384 g/mol. The van der Waals surface area contributed by atoms with Crippen molar-refractivity contribution in [2.75, 3.05) is 33.3 Å². The van der Waals surface area contributed by atoms with Gasteiger partial charge in [-0.3, -0.25) is 9.59 Å². The van der Waals surface area contributed by atoms with Crippen molar-refractivity contribution >= 4 is 11.8 Å². The molecule has 5 nitrogen and oxygen atoms in total. The summed E-state index contributed by atoms with van der Waals surface area (Å²) >= 11 is 0. The Kier molecular flexibility index (Phi) is 6.76. The van der Waals surface area contributed by atoms with Gasteiger partial charge >= 0.3 is 0 Å². The van der Waals surface area contributed by atoms with Crippen LogP contribution in [-0.2, 0) is 22.6 Å². The number of carbonyl (C=O) groups is 2. The lowest BCUT2D eigenvalue weighted by Gasteiger charge is -2.22. The Hall–Kier alpha value is -2.73. The third-order valence-electron chi connectivity index (χ3n) is 4.90. The fourth-order valence-electron chi connectivity index (χ4n) is 3.46. The Labute approximate surface area is 164 Å². The van der Waals surface area contributed by atoms with Crippen LogP contribution in [-0.4, -0.2) is 54.9 Å². The number of benzene rings is 2. The number of amides is 2. The van der Waals surface area contributed by atoms with Crippen molar-refractivity contribution in [3.05, 3.63) is 71.0 Å². The molecule has 0 bridgehead atoms. The van der Waals surface area contributed by atoms with Crippen molar-refractivity contribution in [2.24, 2.45) is 0 Å². The molecule has 2 amide bonds. The van der Waals surface area contributed by atoms with Gasteiger partial charge in [-0.15, -0.1) is 0 Å². The van der Waals surface area contributed by atoms with Crippen LogP contribution in [0.5, 0.6) is 0 Å². The first-order valence-corrected chi connectivity index (χ1v) is 9.47. The van der Waals surface area contributed by atoms with Crippen molar-refractivity contribution in [3.63, 3.8) is 0 Å². The summed E-state index contributed by atoms with van der Waals surface area (Å²) in [5, 5.41) is 0. The Morgan fingerprint density at radius 2 is 1.68 bits per heavy atom. The minimum absolute atomic E-state index is 0.0368. The lowest BCUT2D eigenvalue weighted by atomic mass is 10.1. The molecular weight excluding hydrogens is 359 g/mol. The van der Waals surface area contributed by atoms with Crippen molar-refractivity contribution in [3.8, 4) is 0 Å². The topological polar surface area (TPSA) is 49.9 Å². The smallest absolute Gasteiger partial charge is 0.256 e. The second-order valence-electron chi connectivity index (χ2n) is 6.94. The molecular formula is C22H25FN2O3. The van der Waals surface area contributed by atoms with Crippen LogP contribution in [0.15, 0.2) is 48.5 Å². The number of hydrogen-bond acceptors (Lipinski definition) is 3. The van der Waals surface area contributed by atoms with Crippen molar-refractivity contribution < 1.29 is 18.7 Å². The minimum atomic E-state index is -0.513. The molecule has 0 saturated carbocycles. The molecule has 2 aromatic carbocycles. The van der Waals surface area contributed by atoms with Gasteiger partial charge in [-0.25, -0.2) is 4.39 Å². The molecule has 1 aliphatic heterocycles. The Bertz CT molecular complexity index is 840. The van der Waals surface area contributed by atoms with Crippen LogP contribution in [0.4, 0.5) is 4.39 Å². The number of nitrogens with zero attached hydrogens (tertiary/aromatic N) is 2. The first kappa shape index (κ1) is 20.0. The van der Waals surface area contributed by atoms with Crippen LogP contribution in [0.25, 0.3) is 0 Å². The predicted octanol–water partition coefficient (Wildman–Crippen LogP) is 2.89. The molecule has 6 heteroatoms. The van der Waals surface area contributed by atoms with Crippen LogP contribution in [0, 0.1) is 5.82 Å². The Balaban J connectivity index is 1.60. The number of rotatable bonds is 5. The summed E-state index contributed by atoms with van der Waals surface area (Å²) in [6.07, 6.45) is 0.995. The van der Waals surface area contributed by atoms with Gasteiger partial charge < -0.3 is 14.5 Å². The van der Waals surface area contributed by atoms with Crippen LogP contribution >= 0.6 is 0 Å². The van der Waals surface area contributed by atoms with Crippen LogP contribution in [0.1, 0.15) is 27.9 Å². The van der Waals surface area contributed by atoms with Gasteiger partial charge in [0.05, 0.1) is 18.6 Å². The lowest BCUT2D eigenvalue weighted by molar-refractivity contribution is -0.130. The van der Waals surface area contributed by atoms with E-state index in [-0.39, 0.29) is 17.4 Å². The highest BCUT2D eigenvalue weighted by Crippen LogP contribution is 2.14. The van der Waals surface area contributed by atoms with E-state index in [0.29, 0.717) is 45.6 Å². The highest BCUT2D eigenvalue weighted by Gasteiger charge is 2.24. The summed E-state index contributed by atoms with van der Waals surface area (Å²) in [6.45, 7) is 2.48. The van der Waals surface area contributed by atoms with Gasteiger partial charge in [0.2, 0.25) is 5.91 Å². The van der Waals surface area contributed by atoms with Crippen LogP contribution < -0.4 is 0 Å². The predicted molar refractivity (Wildman–Crippen MR) is 104 cm³/mol. The molecule has 0 aliphatic carbocycles. The monoisotopic (exact) mass is 384 g/mol. The fourth-order valence-corrected chi connectivity index (χ4v) is 3.46. The SMILES string of the molecule is COCc1cccc(CC(=O)N2CCCN(C(=O)c3ccccc3F)CC2)c1. The summed E-state index contributed by atoms with van der Waals surface area (Å²) < 4.78 is 19.1. The number of hydrogen-bond donors (Lipinski definition) is 0. The Morgan fingerprint density at radius 1 is 0.964 bits per heavy atom. The molecule has 0 radical (unpaired) electrons. The first-order chi connectivity index (χ1) is 13.6. The van der Waals surface area contributed by atoms with E-state index in [9.17, 15) is 14.0 Å². The van der Waals surface area contributed by atoms with E-state index < -0.39 is 5.82 Å². The Morgan fingerprint density at radius 3 is 2.46 bits per heavy atom. The molecule has 1 heterocycles. The van der Waals surface area contributed by atoms with Gasteiger partial charge in [0.1, 0.15) is 5.82 Å². The number of halogens is 1. The molecule has 0 atom stereocenters. The summed E-state index contributed by atoms with van der Waals surface area (Å²) in [5.74, 6) is -0.796. The summed E-state index contributed by atoms with van der Waals surface area (Å²) in [4.78, 5) is 28.8. The zero-order valence-electron chi connectivity index (χ0n) is 16.1. The second kappa shape index (κ2) is 9.46. The van der Waals surface area contributed by atoms with Crippen molar-refractivity contribution in [2.45, 2.75) is 19.4 Å². The minimum Gasteiger partial charge on any atom is -0.380 e. The first-order valence-electron chi connectivity index (χ1n) is 9.47. The maximum Gasteiger partial charge on any atom is 0.256 e. The highest BCUT2D eigenvalue weighted by atomic mass is 19.1. The molecule has 1 fully saturated rings. The largest absolute Gasteiger partial charge is 0.380 e. The third-order valence-corrected chi connectivity index (χ3v) is 4.90. The van der Waals surface area contributed by atoms with Gasteiger partial charge in [-0.1, -0.05) is 36.4 Å². The number of methoxy groups -OCH3 is 1. The van der Waals surface area contributed by atoms with E-state index in [1.165, 1.54) is 12.1 Å². The van der Waals surface area contributed by atoms with Crippen molar-refractivity contribution in [1.82, 2.24) is 9.80 Å². The van der Waals surface area contributed by atoms with Crippen LogP contribution in [0.3, 0.4) is 0 Å². The molecule has 3 rings (SSSR count). The van der Waals surface area contributed by atoms with E-state index in [1.807, 2.05) is 24.3 Å². The summed E-state index contributed by atoms with van der Waals surface area (Å²) in [7, 11) is 1.64. The van der Waals surface area contributed by atoms with Gasteiger partial charge in [-0.05, 0) is 29.7 Å². The summed E-state index contributed by atoms with van der Waals surface area (Å²) in [6, 6.07) is 13.8. The molecule has 28 heavy (non-hydrogen) atoms. The standard InChI is InChI=1S/C22H25FN2O3/c1-28-16-18-7-4-6-17(14-18)15-21(26)24-10-5-11-25(13-12-24)22(27)19-8-2-3-9-20(19)23/h2-4,6-9,14H,5,10-13,15-16H2,1H3. The third kappa shape index (κ3) is 4.95. The van der Waals surface area contributed by atoms with E-state index >= 15 is 0 Å². The zero-order valence-corrected chi connectivity index (χ0v) is 16.1. The summed E-state index contributed by atoms with van der Waals surface area (Å²) in [5.41, 5.74) is 2.06. The van der Waals surface area contributed by atoms with Crippen LogP contribution in [0.2, 0.25) is 0 Å². The van der Waals surface area contributed by atoms with E-state index in [0.717, 1.165) is 11.1 Å². The van der Waals surface area contributed by atoms with E-state index in [1.54, 1.807) is 29.0 Å². The quantitative estimate of drug-likeness (QED) is 0.797. The van der Waals surface area contributed by atoms with Gasteiger partial charge in [-0.2, -0.15) is 0 Å².